The predicted octanol–water partition coefficient (Wildman–Crippen LogP) is -1.86. The maximum Gasteiger partial charge on any atom is 0.309 e. The van der Waals surface area contributed by atoms with Crippen molar-refractivity contribution in [1.29, 1.82) is 0 Å². The van der Waals surface area contributed by atoms with Gasteiger partial charge in [-0.25, -0.2) is 0 Å². The largest absolute Gasteiger partial charge is 0.481 e. The Hall–Kier alpha value is -0.650. The van der Waals surface area contributed by atoms with Gasteiger partial charge in [0.05, 0.1) is 18.1 Å². The lowest BCUT2D eigenvalue weighted by Gasteiger charge is -2.12. The zero-order chi connectivity index (χ0) is 8.59. The molecule has 1 fully saturated rings. The summed E-state index contributed by atoms with van der Waals surface area (Å²) in [5.41, 5.74) is 5.32. The Kier molecular flexibility index (Phi) is 2.12. The summed E-state index contributed by atoms with van der Waals surface area (Å²) in [5, 5.41) is 26.6. The number of rotatable bonds is 1. The van der Waals surface area contributed by atoms with Crippen LogP contribution in [0, 0.1) is 5.92 Å². The lowest BCUT2D eigenvalue weighted by Crippen LogP contribution is -2.36. The highest BCUT2D eigenvalue weighted by atomic mass is 16.4. The Morgan fingerprint density at radius 2 is 1.91 bits per heavy atom. The van der Waals surface area contributed by atoms with E-state index in [2.05, 4.69) is 0 Å². The minimum atomic E-state index is -1.22. The fourth-order valence-corrected chi connectivity index (χ4v) is 1.31. The second-order valence-corrected chi connectivity index (χ2v) is 2.83. The molecule has 0 aromatic rings. The van der Waals surface area contributed by atoms with Crippen LogP contribution >= 0.6 is 0 Å². The Bertz CT molecular complexity index is 172. The van der Waals surface area contributed by atoms with Crippen LogP contribution in [0.3, 0.4) is 0 Å². The molecular formula is C6H11NO4. The molecule has 0 spiro atoms. The van der Waals surface area contributed by atoms with Crippen LogP contribution in [0.1, 0.15) is 6.42 Å². The van der Waals surface area contributed by atoms with Crippen LogP contribution < -0.4 is 5.73 Å². The van der Waals surface area contributed by atoms with Crippen molar-refractivity contribution in [3.8, 4) is 0 Å². The lowest BCUT2D eigenvalue weighted by atomic mass is 10.1. The molecule has 0 bridgehead atoms. The first-order valence-electron chi connectivity index (χ1n) is 3.38. The van der Waals surface area contributed by atoms with Crippen molar-refractivity contribution in [2.24, 2.45) is 11.7 Å². The molecule has 1 aliphatic carbocycles. The van der Waals surface area contributed by atoms with Crippen molar-refractivity contribution in [3.63, 3.8) is 0 Å². The number of nitrogens with two attached hydrogens (primary N) is 1. The minimum absolute atomic E-state index is 0.137. The van der Waals surface area contributed by atoms with E-state index in [9.17, 15) is 4.79 Å². The van der Waals surface area contributed by atoms with Gasteiger partial charge in [0.25, 0.3) is 0 Å². The number of hydrogen-bond acceptors (Lipinski definition) is 4. The van der Waals surface area contributed by atoms with E-state index in [1.165, 1.54) is 0 Å². The number of carboxylic acids is 1. The normalized spacial score (nSPS) is 44.3. The third kappa shape index (κ3) is 1.35. The molecule has 5 nitrogen and oxygen atoms in total. The molecule has 0 unspecified atom stereocenters. The van der Waals surface area contributed by atoms with Crippen LogP contribution in [0.25, 0.3) is 0 Å². The van der Waals surface area contributed by atoms with Crippen LogP contribution in [0.4, 0.5) is 0 Å². The van der Waals surface area contributed by atoms with Gasteiger partial charge in [0.15, 0.2) is 0 Å². The van der Waals surface area contributed by atoms with Crippen molar-refractivity contribution in [2.45, 2.75) is 24.7 Å². The number of carbonyl (C=O) groups is 1. The smallest absolute Gasteiger partial charge is 0.309 e. The molecule has 0 saturated heterocycles. The van der Waals surface area contributed by atoms with E-state index >= 15 is 0 Å². The summed E-state index contributed by atoms with van der Waals surface area (Å²) in [4.78, 5) is 10.4. The van der Waals surface area contributed by atoms with Crippen molar-refractivity contribution in [3.05, 3.63) is 0 Å². The highest BCUT2D eigenvalue weighted by Gasteiger charge is 2.43. The first-order chi connectivity index (χ1) is 5.04. The molecule has 0 aliphatic heterocycles. The zero-order valence-corrected chi connectivity index (χ0v) is 5.84. The van der Waals surface area contributed by atoms with Gasteiger partial charge in [0.2, 0.25) is 0 Å². The summed E-state index contributed by atoms with van der Waals surface area (Å²) in [6, 6.07) is -0.619. The Morgan fingerprint density at radius 1 is 1.36 bits per heavy atom. The lowest BCUT2D eigenvalue weighted by molar-refractivity contribution is -0.145. The number of aliphatic carboxylic acids is 1. The van der Waals surface area contributed by atoms with E-state index in [1.807, 2.05) is 0 Å². The molecule has 4 atom stereocenters. The summed E-state index contributed by atoms with van der Waals surface area (Å²) in [5.74, 6) is -2.02. The van der Waals surface area contributed by atoms with Gasteiger partial charge in [-0.2, -0.15) is 0 Å². The van der Waals surface area contributed by atoms with E-state index in [0.717, 1.165) is 0 Å². The minimum Gasteiger partial charge on any atom is -0.481 e. The summed E-state index contributed by atoms with van der Waals surface area (Å²) >= 11 is 0. The monoisotopic (exact) mass is 161 g/mol. The number of carboxylic acid groups (broad SMARTS) is 1. The molecule has 0 heterocycles. The molecule has 11 heavy (non-hydrogen) atoms. The molecule has 0 aromatic carbocycles. The fraction of sp³-hybridized carbons (Fsp3) is 0.833. The Morgan fingerprint density at radius 3 is 2.09 bits per heavy atom. The topological polar surface area (TPSA) is 104 Å². The average Bonchev–Trinajstić information content (AvgIpc) is 2.17. The number of hydrogen-bond donors (Lipinski definition) is 4. The number of aliphatic hydroxyl groups excluding tert-OH is 2. The van der Waals surface area contributed by atoms with Gasteiger partial charge in [-0.1, -0.05) is 0 Å². The molecule has 5 N–H and O–H groups in total. The predicted molar refractivity (Wildman–Crippen MR) is 35.7 cm³/mol. The fourth-order valence-electron chi connectivity index (χ4n) is 1.31. The van der Waals surface area contributed by atoms with Gasteiger partial charge in [-0.3, -0.25) is 4.79 Å². The van der Waals surface area contributed by atoms with Crippen molar-refractivity contribution in [1.82, 2.24) is 0 Å². The third-order valence-corrected chi connectivity index (χ3v) is 2.04. The third-order valence-electron chi connectivity index (χ3n) is 2.04. The summed E-state index contributed by atoms with van der Waals surface area (Å²) in [6.07, 6.45) is -2.18. The maximum absolute atomic E-state index is 10.4. The van der Waals surface area contributed by atoms with Gasteiger partial charge >= 0.3 is 5.97 Å². The molecule has 1 aliphatic rings. The second-order valence-electron chi connectivity index (χ2n) is 2.83. The van der Waals surface area contributed by atoms with Crippen molar-refractivity contribution < 1.29 is 20.1 Å². The summed E-state index contributed by atoms with van der Waals surface area (Å²) in [7, 11) is 0. The van der Waals surface area contributed by atoms with Gasteiger partial charge in [-0.05, 0) is 6.42 Å². The van der Waals surface area contributed by atoms with Crippen LogP contribution in [-0.2, 0) is 4.79 Å². The molecule has 1 rings (SSSR count). The van der Waals surface area contributed by atoms with Gasteiger partial charge in [0.1, 0.15) is 0 Å². The zero-order valence-electron chi connectivity index (χ0n) is 5.84. The second kappa shape index (κ2) is 2.77. The molecule has 0 radical (unpaired) electrons. The van der Waals surface area contributed by atoms with E-state index in [4.69, 9.17) is 21.1 Å². The summed E-state index contributed by atoms with van der Waals surface area (Å²) in [6.45, 7) is 0. The first kappa shape index (κ1) is 8.45. The Labute approximate surface area is 63.4 Å². The molecule has 0 aromatic heterocycles. The van der Waals surface area contributed by atoms with Gasteiger partial charge in [-0.15, -0.1) is 0 Å². The standard InChI is InChI=1S/C6H11NO4/c7-3-1-2(6(10)11)4(8)5(3)9/h2-5,8-9H,1,7H2,(H,10,11)/t2-,3+,4-,5-/m0/s1. The maximum atomic E-state index is 10.4. The van der Waals surface area contributed by atoms with E-state index < -0.39 is 30.1 Å². The van der Waals surface area contributed by atoms with Crippen molar-refractivity contribution >= 4 is 5.97 Å². The van der Waals surface area contributed by atoms with E-state index in [0.29, 0.717) is 0 Å². The van der Waals surface area contributed by atoms with Crippen LogP contribution in [0.2, 0.25) is 0 Å². The van der Waals surface area contributed by atoms with Gasteiger partial charge < -0.3 is 21.1 Å². The molecule has 1 saturated carbocycles. The molecule has 64 valence electrons. The van der Waals surface area contributed by atoms with Crippen molar-refractivity contribution in [2.75, 3.05) is 0 Å². The quantitative estimate of drug-likeness (QED) is 0.361. The SMILES string of the molecule is N[C@@H]1C[C@H](C(=O)O)[C@H](O)[C@H]1O. The highest BCUT2D eigenvalue weighted by Crippen LogP contribution is 2.25. The summed E-state index contributed by atoms with van der Waals surface area (Å²) < 4.78 is 0. The Balaban J connectivity index is 2.67. The molecule has 5 heteroatoms. The van der Waals surface area contributed by atoms with Gasteiger partial charge in [0, 0.05) is 6.04 Å². The first-order valence-corrected chi connectivity index (χ1v) is 3.38. The van der Waals surface area contributed by atoms with Crippen LogP contribution in [0.15, 0.2) is 0 Å². The average molecular weight is 161 g/mol. The highest BCUT2D eigenvalue weighted by molar-refractivity contribution is 5.71. The number of aliphatic hydroxyl groups is 2. The molecule has 0 amide bonds. The van der Waals surface area contributed by atoms with Crippen LogP contribution in [-0.4, -0.2) is 39.5 Å². The van der Waals surface area contributed by atoms with E-state index in [-0.39, 0.29) is 6.42 Å². The van der Waals surface area contributed by atoms with Crippen LogP contribution in [0.5, 0.6) is 0 Å². The van der Waals surface area contributed by atoms with E-state index in [1.54, 1.807) is 0 Å². The molecular weight excluding hydrogens is 150 g/mol.